The lowest BCUT2D eigenvalue weighted by molar-refractivity contribution is 0.289. The third-order valence-corrected chi connectivity index (χ3v) is 3.05. The van der Waals surface area contributed by atoms with E-state index in [1.165, 1.54) is 0 Å². The van der Waals surface area contributed by atoms with Crippen LogP contribution in [-0.4, -0.2) is 18.3 Å². The first-order chi connectivity index (χ1) is 10.3. The van der Waals surface area contributed by atoms with Crippen molar-refractivity contribution in [3.63, 3.8) is 0 Å². The van der Waals surface area contributed by atoms with Gasteiger partial charge in [-0.15, -0.1) is 0 Å². The van der Waals surface area contributed by atoms with Crippen molar-refractivity contribution in [2.75, 3.05) is 13.2 Å². The number of nitrogens with one attached hydrogen (secondary N) is 1. The lowest BCUT2D eigenvalue weighted by Gasteiger charge is -2.12. The topological polar surface area (TPSA) is 65.3 Å². The maximum atomic E-state index is 9.10. The summed E-state index contributed by atoms with van der Waals surface area (Å²) in [5.74, 6) is 0.765. The summed E-state index contributed by atoms with van der Waals surface area (Å²) >= 11 is 0. The number of nitrogens with zero attached hydrogens (tertiary/aromatic N) is 1. The lowest BCUT2D eigenvalue weighted by atomic mass is 10.1. The van der Waals surface area contributed by atoms with E-state index in [0.29, 0.717) is 13.2 Å². The fourth-order valence-corrected chi connectivity index (χ4v) is 1.94. The van der Waals surface area contributed by atoms with E-state index in [-0.39, 0.29) is 6.61 Å². The lowest BCUT2D eigenvalue weighted by Crippen LogP contribution is -2.23. The molecule has 0 aliphatic carbocycles. The van der Waals surface area contributed by atoms with E-state index in [1.54, 1.807) is 0 Å². The molecule has 4 heteroatoms. The normalized spacial score (nSPS) is 11.6. The van der Waals surface area contributed by atoms with Crippen LogP contribution in [0.5, 0.6) is 5.75 Å². The Hall–Kier alpha value is -2.35. The van der Waals surface area contributed by atoms with Gasteiger partial charge in [0, 0.05) is 6.54 Å². The van der Waals surface area contributed by atoms with E-state index in [9.17, 15) is 0 Å². The molecular formula is C17H18N2O2. The maximum Gasteiger partial charge on any atom is 0.121 e. The predicted molar refractivity (Wildman–Crippen MR) is 80.7 cm³/mol. The van der Waals surface area contributed by atoms with Crippen LogP contribution in [0.3, 0.4) is 0 Å². The Bertz CT molecular complexity index is 576. The summed E-state index contributed by atoms with van der Waals surface area (Å²) in [6, 6.07) is 19.1. The number of ether oxygens (including phenoxy) is 1. The highest BCUT2D eigenvalue weighted by Gasteiger charge is 2.09. The Balaban J connectivity index is 1.94. The van der Waals surface area contributed by atoms with Crippen molar-refractivity contribution in [3.8, 4) is 11.8 Å². The van der Waals surface area contributed by atoms with Gasteiger partial charge < -0.3 is 9.84 Å². The zero-order chi connectivity index (χ0) is 14.9. The molecule has 1 atom stereocenters. The van der Waals surface area contributed by atoms with E-state index >= 15 is 0 Å². The summed E-state index contributed by atoms with van der Waals surface area (Å²) in [7, 11) is 0. The second kappa shape index (κ2) is 8.05. The number of nitriles is 1. The number of hydrogen-bond acceptors (Lipinski definition) is 4. The number of hydrogen-bond donors (Lipinski definition) is 2. The summed E-state index contributed by atoms with van der Waals surface area (Å²) in [4.78, 5) is 0. The van der Waals surface area contributed by atoms with Gasteiger partial charge in [0.05, 0.1) is 12.7 Å². The van der Waals surface area contributed by atoms with Gasteiger partial charge in [0.1, 0.15) is 18.4 Å². The molecule has 2 aromatic rings. The minimum atomic E-state index is -0.416. The highest BCUT2D eigenvalue weighted by atomic mass is 16.5. The van der Waals surface area contributed by atoms with Gasteiger partial charge in [-0.25, -0.2) is 0 Å². The molecule has 4 nitrogen and oxygen atoms in total. The van der Waals surface area contributed by atoms with E-state index in [2.05, 4.69) is 11.4 Å². The molecule has 0 spiro atoms. The monoisotopic (exact) mass is 282 g/mol. The van der Waals surface area contributed by atoms with Crippen molar-refractivity contribution in [3.05, 3.63) is 65.7 Å². The highest BCUT2D eigenvalue weighted by molar-refractivity contribution is 5.31. The van der Waals surface area contributed by atoms with Gasteiger partial charge in [-0.05, 0) is 23.3 Å². The number of aliphatic hydroxyl groups excluding tert-OH is 1. The summed E-state index contributed by atoms with van der Waals surface area (Å²) in [6.45, 7) is 0.922. The van der Waals surface area contributed by atoms with Crippen molar-refractivity contribution in [2.24, 2.45) is 0 Å². The second-order valence-electron chi connectivity index (χ2n) is 4.58. The van der Waals surface area contributed by atoms with E-state index < -0.39 is 6.04 Å². The van der Waals surface area contributed by atoms with Gasteiger partial charge in [-0.3, -0.25) is 5.32 Å². The SMILES string of the molecule is N#CC(NCCO)c1ccc(OCc2ccccc2)cc1. The van der Waals surface area contributed by atoms with Crippen LogP contribution >= 0.6 is 0 Å². The third kappa shape index (κ3) is 4.60. The zero-order valence-corrected chi connectivity index (χ0v) is 11.7. The molecule has 0 radical (unpaired) electrons. The quantitative estimate of drug-likeness (QED) is 0.818. The molecule has 0 fully saturated rings. The van der Waals surface area contributed by atoms with Crippen LogP contribution in [0, 0.1) is 11.3 Å². The van der Waals surface area contributed by atoms with Crippen LogP contribution in [-0.2, 0) is 6.61 Å². The molecule has 21 heavy (non-hydrogen) atoms. The highest BCUT2D eigenvalue weighted by Crippen LogP contribution is 2.18. The fourth-order valence-electron chi connectivity index (χ4n) is 1.94. The van der Waals surface area contributed by atoms with Gasteiger partial charge in [-0.1, -0.05) is 42.5 Å². The molecule has 0 bridgehead atoms. The molecule has 0 saturated carbocycles. The van der Waals surface area contributed by atoms with Crippen molar-refractivity contribution >= 4 is 0 Å². The van der Waals surface area contributed by atoms with Crippen LogP contribution in [0.25, 0.3) is 0 Å². The molecular weight excluding hydrogens is 264 g/mol. The Morgan fingerprint density at radius 3 is 2.43 bits per heavy atom. The molecule has 2 N–H and O–H groups in total. The minimum absolute atomic E-state index is 0.0104. The Kier molecular flexibility index (Phi) is 5.77. The van der Waals surface area contributed by atoms with Gasteiger partial charge in [-0.2, -0.15) is 5.26 Å². The molecule has 1 unspecified atom stereocenters. The van der Waals surface area contributed by atoms with Gasteiger partial charge in [0.25, 0.3) is 0 Å². The Labute approximate surface area is 124 Å². The van der Waals surface area contributed by atoms with Crippen molar-refractivity contribution in [1.82, 2.24) is 5.32 Å². The van der Waals surface area contributed by atoms with Crippen LogP contribution in [0.4, 0.5) is 0 Å². The molecule has 0 aromatic heterocycles. The molecule has 0 heterocycles. The van der Waals surface area contributed by atoms with E-state index in [0.717, 1.165) is 16.9 Å². The molecule has 0 aliphatic heterocycles. The summed E-state index contributed by atoms with van der Waals surface area (Å²) in [6.07, 6.45) is 0. The molecule has 0 saturated heterocycles. The Morgan fingerprint density at radius 2 is 1.81 bits per heavy atom. The average Bonchev–Trinajstić information content (AvgIpc) is 2.56. The summed E-state index contributed by atoms with van der Waals surface area (Å²) in [5, 5.41) is 20.9. The third-order valence-electron chi connectivity index (χ3n) is 3.05. The molecule has 0 amide bonds. The van der Waals surface area contributed by atoms with Gasteiger partial charge in [0.2, 0.25) is 0 Å². The number of rotatable bonds is 7. The maximum absolute atomic E-state index is 9.10. The van der Waals surface area contributed by atoms with Crippen molar-refractivity contribution in [2.45, 2.75) is 12.6 Å². The van der Waals surface area contributed by atoms with Crippen molar-refractivity contribution in [1.29, 1.82) is 5.26 Å². The van der Waals surface area contributed by atoms with Gasteiger partial charge >= 0.3 is 0 Å². The largest absolute Gasteiger partial charge is 0.489 e. The fraction of sp³-hybridized carbons (Fsp3) is 0.235. The number of aliphatic hydroxyl groups is 1. The first-order valence-corrected chi connectivity index (χ1v) is 6.84. The number of benzene rings is 2. The van der Waals surface area contributed by atoms with Crippen LogP contribution in [0.15, 0.2) is 54.6 Å². The van der Waals surface area contributed by atoms with Crippen molar-refractivity contribution < 1.29 is 9.84 Å². The van der Waals surface area contributed by atoms with E-state index in [4.69, 9.17) is 15.1 Å². The summed E-state index contributed by atoms with van der Waals surface area (Å²) in [5.41, 5.74) is 1.97. The smallest absolute Gasteiger partial charge is 0.121 e. The van der Waals surface area contributed by atoms with Gasteiger partial charge in [0.15, 0.2) is 0 Å². The van der Waals surface area contributed by atoms with Crippen LogP contribution in [0.2, 0.25) is 0 Å². The van der Waals surface area contributed by atoms with E-state index in [1.807, 2.05) is 54.6 Å². The summed E-state index contributed by atoms with van der Waals surface area (Å²) < 4.78 is 5.70. The molecule has 2 aromatic carbocycles. The van der Waals surface area contributed by atoms with Crippen LogP contribution in [0.1, 0.15) is 17.2 Å². The molecule has 2 rings (SSSR count). The van der Waals surface area contributed by atoms with Crippen LogP contribution < -0.4 is 10.1 Å². The molecule has 108 valence electrons. The zero-order valence-electron chi connectivity index (χ0n) is 11.7. The molecule has 0 aliphatic rings. The second-order valence-corrected chi connectivity index (χ2v) is 4.58. The first-order valence-electron chi connectivity index (χ1n) is 6.84. The average molecular weight is 282 g/mol. The first kappa shape index (κ1) is 15.0. The Morgan fingerprint density at radius 1 is 1.10 bits per heavy atom. The predicted octanol–water partition coefficient (Wildman–Crippen LogP) is 2.41. The standard InChI is InChI=1S/C17H18N2O2/c18-12-17(19-10-11-20)15-6-8-16(9-7-15)21-13-14-4-2-1-3-5-14/h1-9,17,19-20H,10-11,13H2. The minimum Gasteiger partial charge on any atom is -0.489 e.